The molecule has 32 heavy (non-hydrogen) atoms. The summed E-state index contributed by atoms with van der Waals surface area (Å²) in [5.41, 5.74) is -0.332. The first-order valence-electron chi connectivity index (χ1n) is 10.0. The standard InChI is InChI=1S/C20H25F4N5O2S/c1-4-29-8-7-15(21)18(11-29)25-19-12(2)9-16(26-27-19)14-6-5-13(20(22,23)24)10-17(14)28-32(3,30)31/h5-6,9-10,15,18,28H,4,7-8,11H2,1-3H3,(H,25,27)/t15-,18+/m1/s1. The molecule has 0 saturated carbocycles. The van der Waals surface area contributed by atoms with Crippen molar-refractivity contribution in [3.05, 3.63) is 35.4 Å². The number of sulfonamides is 1. The van der Waals surface area contributed by atoms with Gasteiger partial charge < -0.3 is 10.2 Å². The predicted octanol–water partition coefficient (Wildman–Crippen LogP) is 3.69. The molecular weight excluding hydrogens is 450 g/mol. The fourth-order valence-electron chi connectivity index (χ4n) is 3.58. The number of rotatable bonds is 6. The minimum Gasteiger partial charge on any atom is -0.361 e. The van der Waals surface area contributed by atoms with E-state index in [0.717, 1.165) is 24.9 Å². The molecule has 1 aromatic heterocycles. The molecule has 7 nitrogen and oxygen atoms in total. The van der Waals surface area contributed by atoms with Crippen molar-refractivity contribution in [1.82, 2.24) is 15.1 Å². The molecule has 0 radical (unpaired) electrons. The van der Waals surface area contributed by atoms with Crippen molar-refractivity contribution in [3.63, 3.8) is 0 Å². The first kappa shape index (κ1) is 24.2. The number of halogens is 4. The predicted molar refractivity (Wildman–Crippen MR) is 115 cm³/mol. The number of benzene rings is 1. The Morgan fingerprint density at radius 3 is 2.53 bits per heavy atom. The van der Waals surface area contributed by atoms with Gasteiger partial charge in [0.1, 0.15) is 6.17 Å². The summed E-state index contributed by atoms with van der Waals surface area (Å²) in [6, 6.07) is 3.82. The summed E-state index contributed by atoms with van der Waals surface area (Å²) in [5, 5.41) is 11.2. The molecule has 1 saturated heterocycles. The summed E-state index contributed by atoms with van der Waals surface area (Å²) in [6.45, 7) is 5.72. The molecule has 2 atom stereocenters. The van der Waals surface area contributed by atoms with Crippen LogP contribution in [0.3, 0.4) is 0 Å². The molecule has 1 aromatic carbocycles. The second-order valence-corrected chi connectivity index (χ2v) is 9.59. The maximum absolute atomic E-state index is 14.4. The summed E-state index contributed by atoms with van der Waals surface area (Å²) in [6.07, 6.45) is -4.43. The van der Waals surface area contributed by atoms with E-state index in [1.165, 1.54) is 0 Å². The molecule has 1 aliphatic heterocycles. The molecule has 3 rings (SSSR count). The molecule has 12 heteroatoms. The molecule has 0 amide bonds. The molecule has 0 spiro atoms. The zero-order valence-electron chi connectivity index (χ0n) is 17.9. The Labute approximate surface area is 184 Å². The number of aryl methyl sites for hydroxylation is 1. The van der Waals surface area contributed by atoms with E-state index in [9.17, 15) is 26.0 Å². The number of nitrogens with zero attached hydrogens (tertiary/aromatic N) is 3. The van der Waals surface area contributed by atoms with Crippen LogP contribution in [-0.4, -0.2) is 61.6 Å². The Morgan fingerprint density at radius 2 is 1.94 bits per heavy atom. The lowest BCUT2D eigenvalue weighted by molar-refractivity contribution is -0.137. The van der Waals surface area contributed by atoms with E-state index in [4.69, 9.17) is 0 Å². The van der Waals surface area contributed by atoms with Crippen LogP contribution in [0, 0.1) is 6.92 Å². The minimum atomic E-state index is -4.64. The summed E-state index contributed by atoms with van der Waals surface area (Å²) in [4.78, 5) is 2.12. The largest absolute Gasteiger partial charge is 0.416 e. The van der Waals surface area contributed by atoms with Crippen LogP contribution in [0.2, 0.25) is 0 Å². The van der Waals surface area contributed by atoms with E-state index < -0.39 is 34.0 Å². The maximum Gasteiger partial charge on any atom is 0.416 e. The smallest absolute Gasteiger partial charge is 0.361 e. The van der Waals surface area contributed by atoms with E-state index in [0.29, 0.717) is 37.0 Å². The summed E-state index contributed by atoms with van der Waals surface area (Å²) >= 11 is 0. The number of hydrogen-bond acceptors (Lipinski definition) is 6. The normalized spacial score (nSPS) is 20.2. The van der Waals surface area contributed by atoms with Crippen LogP contribution in [0.4, 0.5) is 29.1 Å². The van der Waals surface area contributed by atoms with Gasteiger partial charge in [-0.15, -0.1) is 10.2 Å². The van der Waals surface area contributed by atoms with Crippen molar-refractivity contribution >= 4 is 21.5 Å². The zero-order chi connectivity index (χ0) is 23.7. The van der Waals surface area contributed by atoms with Gasteiger partial charge in [0.25, 0.3) is 0 Å². The highest BCUT2D eigenvalue weighted by molar-refractivity contribution is 7.92. The highest BCUT2D eigenvalue weighted by Crippen LogP contribution is 2.36. The SMILES string of the molecule is CCN1CC[C@@H](F)[C@@H](Nc2nnc(-c3ccc(C(F)(F)F)cc3NS(C)(=O)=O)cc2C)C1. The highest BCUT2D eigenvalue weighted by atomic mass is 32.2. The van der Waals surface area contributed by atoms with Gasteiger partial charge in [-0.05, 0) is 43.7 Å². The Morgan fingerprint density at radius 1 is 1.22 bits per heavy atom. The summed E-state index contributed by atoms with van der Waals surface area (Å²) in [5.74, 6) is 0.365. The van der Waals surface area contributed by atoms with Gasteiger partial charge in [-0.1, -0.05) is 13.0 Å². The Hall–Kier alpha value is -2.47. The topological polar surface area (TPSA) is 87.2 Å². The Bertz CT molecular complexity index is 1080. The molecular formula is C20H25F4N5O2S. The number of anilines is 2. The van der Waals surface area contributed by atoms with Gasteiger partial charge in [0.15, 0.2) is 5.82 Å². The van der Waals surface area contributed by atoms with Gasteiger partial charge in [-0.25, -0.2) is 12.8 Å². The average Bonchev–Trinajstić information content (AvgIpc) is 2.69. The molecule has 0 unspecified atom stereocenters. The third kappa shape index (κ3) is 5.85. The van der Waals surface area contributed by atoms with Crippen molar-refractivity contribution in [2.24, 2.45) is 0 Å². The molecule has 1 fully saturated rings. The van der Waals surface area contributed by atoms with Crippen LogP contribution >= 0.6 is 0 Å². The molecule has 0 bridgehead atoms. The van der Waals surface area contributed by atoms with Crippen LogP contribution in [0.15, 0.2) is 24.3 Å². The van der Waals surface area contributed by atoms with Gasteiger partial charge in [0.05, 0.1) is 29.2 Å². The van der Waals surface area contributed by atoms with Gasteiger partial charge in [-0.2, -0.15) is 13.2 Å². The van der Waals surface area contributed by atoms with Crippen molar-refractivity contribution < 1.29 is 26.0 Å². The molecule has 0 aliphatic carbocycles. The Kier molecular flexibility index (Phi) is 6.94. The zero-order valence-corrected chi connectivity index (χ0v) is 18.7. The fraction of sp³-hybridized carbons (Fsp3) is 0.500. The van der Waals surface area contributed by atoms with Gasteiger partial charge >= 0.3 is 6.18 Å². The maximum atomic E-state index is 14.4. The lowest BCUT2D eigenvalue weighted by Crippen LogP contribution is -2.48. The van der Waals surface area contributed by atoms with Crippen LogP contribution in [0.1, 0.15) is 24.5 Å². The van der Waals surface area contributed by atoms with Gasteiger partial charge in [-0.3, -0.25) is 4.72 Å². The van der Waals surface area contributed by atoms with Crippen molar-refractivity contribution in [2.45, 2.75) is 38.7 Å². The van der Waals surface area contributed by atoms with E-state index >= 15 is 0 Å². The molecule has 176 valence electrons. The molecule has 1 aliphatic rings. The molecule has 2 aromatic rings. The number of nitrogens with one attached hydrogen (secondary N) is 2. The lowest BCUT2D eigenvalue weighted by atomic mass is 10.0. The highest BCUT2D eigenvalue weighted by Gasteiger charge is 2.32. The Balaban J connectivity index is 1.92. The summed E-state index contributed by atoms with van der Waals surface area (Å²) in [7, 11) is -3.85. The average molecular weight is 476 g/mol. The number of likely N-dealkylation sites (tertiary alicyclic amines) is 1. The van der Waals surface area contributed by atoms with Crippen LogP contribution in [-0.2, 0) is 16.2 Å². The monoisotopic (exact) mass is 475 g/mol. The van der Waals surface area contributed by atoms with Crippen molar-refractivity contribution in [3.8, 4) is 11.3 Å². The van der Waals surface area contributed by atoms with Gasteiger partial charge in [0, 0.05) is 18.7 Å². The van der Waals surface area contributed by atoms with E-state index in [1.807, 2.05) is 6.92 Å². The lowest BCUT2D eigenvalue weighted by Gasteiger charge is -2.35. The number of likely N-dealkylation sites (N-methyl/N-ethyl adjacent to an activating group) is 1. The first-order valence-corrected chi connectivity index (χ1v) is 11.9. The minimum absolute atomic E-state index is 0.142. The molecule has 2 heterocycles. The van der Waals surface area contributed by atoms with Crippen LogP contribution in [0.25, 0.3) is 11.3 Å². The van der Waals surface area contributed by atoms with E-state index in [1.54, 1.807) is 13.0 Å². The van der Waals surface area contributed by atoms with Crippen molar-refractivity contribution in [1.29, 1.82) is 0 Å². The third-order valence-corrected chi connectivity index (χ3v) is 5.88. The second kappa shape index (κ2) is 9.18. The van der Waals surface area contributed by atoms with Crippen LogP contribution in [0.5, 0.6) is 0 Å². The van der Waals surface area contributed by atoms with Gasteiger partial charge in [0.2, 0.25) is 10.0 Å². The van der Waals surface area contributed by atoms with Crippen LogP contribution < -0.4 is 10.0 Å². The quantitative estimate of drug-likeness (QED) is 0.620. The van der Waals surface area contributed by atoms with Crippen molar-refractivity contribution in [2.75, 3.05) is 35.9 Å². The number of hydrogen-bond donors (Lipinski definition) is 2. The number of alkyl halides is 4. The summed E-state index contributed by atoms with van der Waals surface area (Å²) < 4.78 is 79.2. The fourth-order valence-corrected chi connectivity index (χ4v) is 4.15. The number of aromatic nitrogens is 2. The second-order valence-electron chi connectivity index (χ2n) is 7.84. The first-order chi connectivity index (χ1) is 14.9. The number of piperidine rings is 1. The van der Waals surface area contributed by atoms with E-state index in [-0.39, 0.29) is 16.9 Å². The molecule has 2 N–H and O–H groups in total. The van der Waals surface area contributed by atoms with E-state index in [2.05, 4.69) is 25.1 Å². The third-order valence-electron chi connectivity index (χ3n) is 5.28.